The number of anilines is 1. The minimum Gasteiger partial charge on any atom is -0.340 e. The van der Waals surface area contributed by atoms with Crippen LogP contribution in [0.4, 0.5) is 5.13 Å². The summed E-state index contributed by atoms with van der Waals surface area (Å²) in [7, 11) is 0. The zero-order valence-corrected chi connectivity index (χ0v) is 17.5. The SMILES string of the molecule is O=C(Nc1nc(CC(=O)N2CCN(Cc3ccccc3)CC2)cs1)c1cccs1. The van der Waals surface area contributed by atoms with Gasteiger partial charge in [0.25, 0.3) is 5.91 Å². The Hall–Kier alpha value is -2.55. The van der Waals surface area contributed by atoms with E-state index in [9.17, 15) is 9.59 Å². The highest BCUT2D eigenvalue weighted by Crippen LogP contribution is 2.19. The average molecular weight is 427 g/mol. The van der Waals surface area contributed by atoms with Gasteiger partial charge in [-0.25, -0.2) is 4.98 Å². The van der Waals surface area contributed by atoms with Crippen molar-refractivity contribution in [1.82, 2.24) is 14.8 Å². The minimum atomic E-state index is -0.165. The van der Waals surface area contributed by atoms with Crippen molar-refractivity contribution >= 4 is 39.6 Å². The quantitative estimate of drug-likeness (QED) is 0.657. The summed E-state index contributed by atoms with van der Waals surface area (Å²) in [6.45, 7) is 4.14. The van der Waals surface area contributed by atoms with Crippen LogP contribution in [0.2, 0.25) is 0 Å². The second-order valence-corrected chi connectivity index (χ2v) is 8.70. The highest BCUT2D eigenvalue weighted by Gasteiger charge is 2.22. The van der Waals surface area contributed by atoms with Crippen molar-refractivity contribution < 1.29 is 9.59 Å². The molecule has 4 rings (SSSR count). The maximum Gasteiger partial charge on any atom is 0.267 e. The maximum absolute atomic E-state index is 12.6. The van der Waals surface area contributed by atoms with Crippen molar-refractivity contribution in [2.45, 2.75) is 13.0 Å². The Morgan fingerprint density at radius 2 is 1.79 bits per heavy atom. The van der Waals surface area contributed by atoms with Crippen molar-refractivity contribution in [3.8, 4) is 0 Å². The van der Waals surface area contributed by atoms with Crippen molar-refractivity contribution in [3.63, 3.8) is 0 Å². The van der Waals surface area contributed by atoms with Crippen LogP contribution in [0.3, 0.4) is 0 Å². The number of carbonyl (C=O) groups is 2. The summed E-state index contributed by atoms with van der Waals surface area (Å²) in [4.78, 5) is 34.1. The van der Waals surface area contributed by atoms with Gasteiger partial charge in [-0.1, -0.05) is 36.4 Å². The van der Waals surface area contributed by atoms with Gasteiger partial charge in [0.05, 0.1) is 17.0 Å². The monoisotopic (exact) mass is 426 g/mol. The number of amides is 2. The van der Waals surface area contributed by atoms with Crippen LogP contribution in [0, 0.1) is 0 Å². The van der Waals surface area contributed by atoms with Crippen molar-refractivity contribution in [3.05, 3.63) is 69.4 Å². The molecule has 29 heavy (non-hydrogen) atoms. The molecule has 1 aliphatic rings. The first-order valence-corrected chi connectivity index (χ1v) is 11.3. The zero-order chi connectivity index (χ0) is 20.1. The molecule has 1 saturated heterocycles. The molecule has 2 amide bonds. The molecular formula is C21H22N4O2S2. The Labute approximate surface area is 177 Å². The number of aromatic nitrogens is 1. The van der Waals surface area contributed by atoms with Crippen LogP contribution in [-0.4, -0.2) is 52.8 Å². The zero-order valence-electron chi connectivity index (χ0n) is 15.9. The number of nitrogens with one attached hydrogen (secondary N) is 1. The molecule has 150 valence electrons. The molecule has 0 saturated carbocycles. The molecule has 1 aromatic carbocycles. The van der Waals surface area contributed by atoms with Gasteiger partial charge in [0, 0.05) is 38.1 Å². The number of hydrogen-bond acceptors (Lipinski definition) is 6. The van der Waals surface area contributed by atoms with Crippen LogP contribution in [0.25, 0.3) is 0 Å². The number of hydrogen-bond donors (Lipinski definition) is 1. The third-order valence-electron chi connectivity index (χ3n) is 4.82. The van der Waals surface area contributed by atoms with Crippen LogP contribution in [-0.2, 0) is 17.8 Å². The summed E-state index contributed by atoms with van der Waals surface area (Å²) < 4.78 is 0. The Morgan fingerprint density at radius 1 is 1.00 bits per heavy atom. The van der Waals surface area contributed by atoms with Gasteiger partial charge in [-0.2, -0.15) is 0 Å². The lowest BCUT2D eigenvalue weighted by Gasteiger charge is -2.34. The summed E-state index contributed by atoms with van der Waals surface area (Å²) in [6.07, 6.45) is 0.268. The first-order chi connectivity index (χ1) is 14.2. The van der Waals surface area contributed by atoms with Gasteiger partial charge < -0.3 is 4.90 Å². The summed E-state index contributed by atoms with van der Waals surface area (Å²) in [5.74, 6) is -0.0763. The topological polar surface area (TPSA) is 65.5 Å². The molecule has 0 spiro atoms. The van der Waals surface area contributed by atoms with Gasteiger partial charge in [-0.15, -0.1) is 22.7 Å². The molecule has 8 heteroatoms. The molecule has 0 unspecified atom stereocenters. The fourth-order valence-electron chi connectivity index (χ4n) is 3.28. The van der Waals surface area contributed by atoms with Crippen molar-refractivity contribution in [2.75, 3.05) is 31.5 Å². The fraction of sp³-hybridized carbons (Fsp3) is 0.286. The van der Waals surface area contributed by atoms with Crippen molar-refractivity contribution in [1.29, 1.82) is 0 Å². The third kappa shape index (κ3) is 5.29. The number of thiophene rings is 1. The molecule has 0 aliphatic carbocycles. The third-order valence-corrected chi connectivity index (χ3v) is 6.50. The summed E-state index contributed by atoms with van der Waals surface area (Å²) in [5, 5.41) is 7.02. The number of thiazole rings is 1. The number of rotatable bonds is 6. The van der Waals surface area contributed by atoms with Crippen LogP contribution in [0.5, 0.6) is 0 Å². The number of carbonyl (C=O) groups excluding carboxylic acids is 2. The normalized spacial score (nSPS) is 14.7. The first-order valence-electron chi connectivity index (χ1n) is 9.51. The van der Waals surface area contributed by atoms with Crippen molar-refractivity contribution in [2.24, 2.45) is 0 Å². The standard InChI is InChI=1S/C21H22N4O2S2/c26-19(25-10-8-24(9-11-25)14-16-5-2-1-3-6-16)13-17-15-29-21(22-17)23-20(27)18-7-4-12-28-18/h1-7,12,15H,8-11,13-14H2,(H,22,23,27). The van der Waals surface area contributed by atoms with Crippen LogP contribution >= 0.6 is 22.7 Å². The van der Waals surface area contributed by atoms with E-state index in [0.717, 1.165) is 32.7 Å². The number of benzene rings is 1. The van der Waals surface area contributed by atoms with Gasteiger partial charge in [0.2, 0.25) is 5.91 Å². The van der Waals surface area contributed by atoms with E-state index >= 15 is 0 Å². The average Bonchev–Trinajstić information content (AvgIpc) is 3.42. The summed E-state index contributed by atoms with van der Waals surface area (Å²) in [5.41, 5.74) is 2.00. The van der Waals surface area contributed by atoms with Gasteiger partial charge >= 0.3 is 0 Å². The molecule has 2 aromatic heterocycles. The summed E-state index contributed by atoms with van der Waals surface area (Å²) >= 11 is 2.74. The Balaban J connectivity index is 1.25. The van der Waals surface area contributed by atoms with E-state index < -0.39 is 0 Å². The first kappa shape index (κ1) is 19.8. The van der Waals surface area contributed by atoms with E-state index in [1.54, 1.807) is 6.07 Å². The maximum atomic E-state index is 12.6. The van der Waals surface area contributed by atoms with E-state index in [2.05, 4.69) is 39.5 Å². The van der Waals surface area contributed by atoms with Crippen LogP contribution in [0.1, 0.15) is 20.9 Å². The Kier molecular flexibility index (Phi) is 6.33. The molecule has 0 bridgehead atoms. The highest BCUT2D eigenvalue weighted by atomic mass is 32.1. The molecule has 0 radical (unpaired) electrons. The number of nitrogens with zero attached hydrogens (tertiary/aromatic N) is 3. The molecule has 3 aromatic rings. The lowest BCUT2D eigenvalue weighted by atomic mass is 10.2. The smallest absolute Gasteiger partial charge is 0.267 e. The lowest BCUT2D eigenvalue weighted by molar-refractivity contribution is -0.132. The predicted octanol–water partition coefficient (Wildman–Crippen LogP) is 3.34. The second kappa shape index (κ2) is 9.30. The van der Waals surface area contributed by atoms with E-state index in [4.69, 9.17) is 0 Å². The molecular weight excluding hydrogens is 404 g/mol. The second-order valence-electron chi connectivity index (χ2n) is 6.89. The van der Waals surface area contributed by atoms with Crippen LogP contribution < -0.4 is 5.32 Å². The lowest BCUT2D eigenvalue weighted by Crippen LogP contribution is -2.48. The fourth-order valence-corrected chi connectivity index (χ4v) is 4.60. The molecule has 3 heterocycles. The summed E-state index contributed by atoms with van der Waals surface area (Å²) in [6, 6.07) is 14.0. The van der Waals surface area contributed by atoms with Gasteiger partial charge in [-0.05, 0) is 17.0 Å². The molecule has 1 N–H and O–H groups in total. The largest absolute Gasteiger partial charge is 0.340 e. The van der Waals surface area contributed by atoms with E-state index in [-0.39, 0.29) is 18.2 Å². The van der Waals surface area contributed by atoms with E-state index in [0.29, 0.717) is 15.7 Å². The highest BCUT2D eigenvalue weighted by molar-refractivity contribution is 7.14. The van der Waals surface area contributed by atoms with Gasteiger partial charge in [-0.3, -0.25) is 19.8 Å². The van der Waals surface area contributed by atoms with E-state index in [1.807, 2.05) is 27.8 Å². The van der Waals surface area contributed by atoms with Gasteiger partial charge in [0.1, 0.15) is 0 Å². The molecule has 1 aliphatic heterocycles. The molecule has 1 fully saturated rings. The van der Waals surface area contributed by atoms with Gasteiger partial charge in [0.15, 0.2) is 5.13 Å². The molecule has 0 atom stereocenters. The minimum absolute atomic E-state index is 0.0887. The number of piperazine rings is 1. The van der Waals surface area contributed by atoms with Crippen LogP contribution in [0.15, 0.2) is 53.2 Å². The Bertz CT molecular complexity index is 948. The Morgan fingerprint density at radius 3 is 2.52 bits per heavy atom. The van der Waals surface area contributed by atoms with E-state index in [1.165, 1.54) is 28.2 Å². The molecule has 6 nitrogen and oxygen atoms in total. The predicted molar refractivity (Wildman–Crippen MR) is 116 cm³/mol.